The summed E-state index contributed by atoms with van der Waals surface area (Å²) in [6, 6.07) is 0.0560. The van der Waals surface area contributed by atoms with E-state index in [9.17, 15) is 4.79 Å². The molecule has 4 saturated carbocycles. The molecule has 0 aromatic heterocycles. The summed E-state index contributed by atoms with van der Waals surface area (Å²) in [6.45, 7) is 6.64. The number of piperidine rings is 1. The van der Waals surface area contributed by atoms with E-state index in [0.29, 0.717) is 5.91 Å². The lowest BCUT2D eigenvalue weighted by molar-refractivity contribution is -0.132. The van der Waals surface area contributed by atoms with Crippen molar-refractivity contribution in [3.05, 3.63) is 0 Å². The molecule has 5 aliphatic rings. The second-order valence-corrected chi connectivity index (χ2v) is 9.08. The molecule has 1 atom stereocenters. The van der Waals surface area contributed by atoms with E-state index in [4.69, 9.17) is 0 Å². The van der Waals surface area contributed by atoms with Gasteiger partial charge in [-0.2, -0.15) is 0 Å². The summed E-state index contributed by atoms with van der Waals surface area (Å²) in [5, 5.41) is 3.55. The van der Waals surface area contributed by atoms with Gasteiger partial charge in [-0.1, -0.05) is 6.92 Å². The molecule has 5 rings (SSSR count). The molecule has 5 fully saturated rings. The van der Waals surface area contributed by atoms with Gasteiger partial charge in [0.05, 0.1) is 6.04 Å². The van der Waals surface area contributed by atoms with Crippen LogP contribution in [-0.2, 0) is 4.79 Å². The highest BCUT2D eigenvalue weighted by molar-refractivity contribution is 5.82. The number of carbonyl (C=O) groups excluding carboxylic acids is 1. The van der Waals surface area contributed by atoms with Crippen LogP contribution in [0.3, 0.4) is 0 Å². The lowest BCUT2D eigenvalue weighted by Gasteiger charge is -2.57. The van der Waals surface area contributed by atoms with Crippen LogP contribution in [0.4, 0.5) is 0 Å². The molecule has 1 saturated heterocycles. The first-order chi connectivity index (χ1) is 10.5. The van der Waals surface area contributed by atoms with Crippen LogP contribution in [0, 0.1) is 23.7 Å². The molecule has 1 N–H and O–H groups in total. The van der Waals surface area contributed by atoms with Crippen LogP contribution in [0.15, 0.2) is 0 Å². The highest BCUT2D eigenvalue weighted by Gasteiger charge is 2.51. The van der Waals surface area contributed by atoms with E-state index < -0.39 is 0 Å². The fraction of sp³-hybridized carbons (Fsp3) is 0.947. The lowest BCUT2D eigenvalue weighted by Crippen LogP contribution is -2.62. The molecule has 1 amide bonds. The summed E-state index contributed by atoms with van der Waals surface area (Å²) in [5.41, 5.74) is 0.170. The van der Waals surface area contributed by atoms with Crippen LogP contribution in [0.5, 0.6) is 0 Å². The molecule has 3 heteroatoms. The molecular weight excluding hydrogens is 272 g/mol. The van der Waals surface area contributed by atoms with Crippen molar-refractivity contribution in [2.45, 2.75) is 76.8 Å². The molecule has 0 spiro atoms. The van der Waals surface area contributed by atoms with Crippen LogP contribution in [0.25, 0.3) is 0 Å². The molecule has 3 nitrogen and oxygen atoms in total. The highest BCUT2D eigenvalue weighted by atomic mass is 16.2. The first-order valence-electron chi connectivity index (χ1n) is 9.59. The Morgan fingerprint density at radius 1 is 1.05 bits per heavy atom. The van der Waals surface area contributed by atoms with Crippen molar-refractivity contribution in [3.63, 3.8) is 0 Å². The number of hydrogen-bond donors (Lipinski definition) is 1. The summed E-state index contributed by atoms with van der Waals surface area (Å²) >= 11 is 0. The third kappa shape index (κ3) is 2.70. The predicted molar refractivity (Wildman–Crippen MR) is 88.5 cm³/mol. The molecule has 124 valence electrons. The summed E-state index contributed by atoms with van der Waals surface area (Å²) in [4.78, 5) is 15.3. The largest absolute Gasteiger partial charge is 0.349 e. The number of nitrogens with zero attached hydrogens (tertiary/aromatic N) is 1. The van der Waals surface area contributed by atoms with Gasteiger partial charge in [-0.05, 0) is 95.1 Å². The van der Waals surface area contributed by atoms with Gasteiger partial charge in [0.2, 0.25) is 5.91 Å². The Balaban J connectivity index is 1.39. The van der Waals surface area contributed by atoms with Gasteiger partial charge in [-0.15, -0.1) is 0 Å². The third-order valence-electron chi connectivity index (χ3n) is 7.17. The van der Waals surface area contributed by atoms with Crippen LogP contribution in [-0.4, -0.2) is 35.5 Å². The van der Waals surface area contributed by atoms with Crippen LogP contribution >= 0.6 is 0 Å². The Morgan fingerprint density at radius 3 is 2.05 bits per heavy atom. The van der Waals surface area contributed by atoms with Gasteiger partial charge in [-0.25, -0.2) is 0 Å². The Bertz CT molecular complexity index is 403. The van der Waals surface area contributed by atoms with Gasteiger partial charge in [0.1, 0.15) is 0 Å². The molecule has 1 aliphatic heterocycles. The maximum atomic E-state index is 12.9. The maximum absolute atomic E-state index is 12.9. The number of hydrogen-bond acceptors (Lipinski definition) is 2. The van der Waals surface area contributed by atoms with Crippen molar-refractivity contribution in [3.8, 4) is 0 Å². The average Bonchev–Trinajstić information content (AvgIpc) is 2.45. The van der Waals surface area contributed by atoms with Crippen LogP contribution in [0.1, 0.15) is 65.2 Å². The molecule has 0 radical (unpaired) electrons. The fourth-order valence-corrected chi connectivity index (χ4v) is 6.21. The van der Waals surface area contributed by atoms with E-state index in [-0.39, 0.29) is 11.6 Å². The van der Waals surface area contributed by atoms with Crippen molar-refractivity contribution in [1.82, 2.24) is 10.2 Å². The van der Waals surface area contributed by atoms with E-state index in [1.54, 1.807) is 0 Å². The Morgan fingerprint density at radius 2 is 1.55 bits per heavy atom. The molecular formula is C19H32N2O. The van der Waals surface area contributed by atoms with Gasteiger partial charge >= 0.3 is 0 Å². The van der Waals surface area contributed by atoms with Crippen molar-refractivity contribution >= 4 is 5.91 Å². The minimum atomic E-state index is 0.0560. The quantitative estimate of drug-likeness (QED) is 0.868. The topological polar surface area (TPSA) is 32.3 Å². The Kier molecular flexibility index (Phi) is 3.75. The molecule has 0 aromatic carbocycles. The predicted octanol–water partition coefficient (Wildman–Crippen LogP) is 3.19. The molecule has 1 heterocycles. The van der Waals surface area contributed by atoms with Crippen LogP contribution in [0.2, 0.25) is 0 Å². The number of amides is 1. The van der Waals surface area contributed by atoms with Gasteiger partial charge < -0.3 is 5.32 Å². The van der Waals surface area contributed by atoms with Gasteiger partial charge in [-0.3, -0.25) is 9.69 Å². The maximum Gasteiger partial charge on any atom is 0.237 e. The summed E-state index contributed by atoms with van der Waals surface area (Å²) in [5.74, 6) is 3.83. The monoisotopic (exact) mass is 304 g/mol. The van der Waals surface area contributed by atoms with Crippen molar-refractivity contribution in [2.75, 3.05) is 13.1 Å². The van der Waals surface area contributed by atoms with Gasteiger partial charge in [0, 0.05) is 5.54 Å². The zero-order valence-corrected chi connectivity index (χ0v) is 14.3. The number of likely N-dealkylation sites (tertiary alicyclic amines) is 1. The summed E-state index contributed by atoms with van der Waals surface area (Å²) < 4.78 is 0. The lowest BCUT2D eigenvalue weighted by atomic mass is 9.53. The normalized spacial score (nSPS) is 43.3. The third-order valence-corrected chi connectivity index (χ3v) is 7.17. The van der Waals surface area contributed by atoms with Crippen molar-refractivity contribution in [1.29, 1.82) is 0 Å². The van der Waals surface area contributed by atoms with Crippen molar-refractivity contribution < 1.29 is 4.79 Å². The Labute approximate surface area is 135 Å². The first kappa shape index (κ1) is 15.0. The smallest absolute Gasteiger partial charge is 0.237 e. The number of carbonyl (C=O) groups is 1. The number of nitrogens with one attached hydrogen (secondary N) is 1. The second-order valence-electron chi connectivity index (χ2n) is 9.08. The molecule has 0 aromatic rings. The molecule has 0 unspecified atom stereocenters. The minimum Gasteiger partial charge on any atom is -0.349 e. The van der Waals surface area contributed by atoms with Gasteiger partial charge in [0.15, 0.2) is 0 Å². The van der Waals surface area contributed by atoms with E-state index in [1.165, 1.54) is 51.4 Å². The highest BCUT2D eigenvalue weighted by Crippen LogP contribution is 2.55. The van der Waals surface area contributed by atoms with E-state index in [2.05, 4.69) is 24.1 Å². The number of rotatable bonds is 3. The molecule has 4 aliphatic carbocycles. The molecule has 22 heavy (non-hydrogen) atoms. The van der Waals surface area contributed by atoms with Gasteiger partial charge in [0.25, 0.3) is 0 Å². The van der Waals surface area contributed by atoms with Crippen LogP contribution < -0.4 is 5.32 Å². The SMILES string of the molecule is CC1CCN([C@H](C)C(=O)NC23CC4CC(CC(C4)C2)C3)CC1. The first-order valence-corrected chi connectivity index (χ1v) is 9.59. The fourth-order valence-electron chi connectivity index (χ4n) is 6.21. The minimum absolute atomic E-state index is 0.0560. The second kappa shape index (κ2) is 5.51. The van der Waals surface area contributed by atoms with E-state index in [1.807, 2.05) is 0 Å². The molecule has 4 bridgehead atoms. The van der Waals surface area contributed by atoms with Crippen molar-refractivity contribution in [2.24, 2.45) is 23.7 Å². The van der Waals surface area contributed by atoms with E-state index >= 15 is 0 Å². The zero-order chi connectivity index (χ0) is 15.3. The summed E-state index contributed by atoms with van der Waals surface area (Å²) in [6.07, 6.45) is 10.6. The standard InChI is InChI=1S/C19H32N2O/c1-13-3-5-21(6-4-13)14(2)18(22)20-19-10-15-7-16(11-19)9-17(8-15)12-19/h13-17H,3-12H2,1-2H3,(H,20,22)/t14-,15?,16?,17?,19?/m1/s1. The average molecular weight is 304 g/mol. The Hall–Kier alpha value is -0.570. The van der Waals surface area contributed by atoms with E-state index in [0.717, 1.165) is 36.8 Å². The zero-order valence-electron chi connectivity index (χ0n) is 14.3. The summed E-state index contributed by atoms with van der Waals surface area (Å²) in [7, 11) is 0.